The number of aryl methyl sites for hydroxylation is 1. The summed E-state index contributed by atoms with van der Waals surface area (Å²) in [4.78, 5) is 1.45. The van der Waals surface area contributed by atoms with Crippen molar-refractivity contribution in [1.82, 2.24) is 5.32 Å². The van der Waals surface area contributed by atoms with Crippen molar-refractivity contribution < 1.29 is 0 Å². The minimum absolute atomic E-state index is 0.0797. The second-order valence-corrected chi connectivity index (χ2v) is 5.33. The van der Waals surface area contributed by atoms with Gasteiger partial charge in [-0.1, -0.05) is 13.8 Å². The van der Waals surface area contributed by atoms with Crippen LogP contribution in [0.1, 0.15) is 37.6 Å². The molecule has 1 rings (SSSR count). The van der Waals surface area contributed by atoms with E-state index in [0.29, 0.717) is 0 Å². The van der Waals surface area contributed by atoms with Gasteiger partial charge in [-0.25, -0.2) is 0 Å². The lowest BCUT2D eigenvalue weighted by Gasteiger charge is -2.23. The van der Waals surface area contributed by atoms with E-state index < -0.39 is 0 Å². The molecule has 3 heteroatoms. The van der Waals surface area contributed by atoms with Crippen molar-refractivity contribution in [1.29, 1.82) is 0 Å². The van der Waals surface area contributed by atoms with Crippen molar-refractivity contribution in [2.75, 3.05) is 6.54 Å². The number of hydrogen-bond donors (Lipinski definition) is 2. The Hall–Kier alpha value is -0.380. The maximum absolute atomic E-state index is 6.07. The first-order valence-electron chi connectivity index (χ1n) is 5.64. The van der Waals surface area contributed by atoms with E-state index >= 15 is 0 Å². The van der Waals surface area contributed by atoms with Crippen LogP contribution in [0.4, 0.5) is 0 Å². The quantitative estimate of drug-likeness (QED) is 0.782. The number of nitrogens with two attached hydrogens (primary N) is 1. The predicted octanol–water partition coefficient (Wildman–Crippen LogP) is 2.53. The first-order chi connectivity index (χ1) is 7.09. The molecule has 86 valence electrons. The van der Waals surface area contributed by atoms with Gasteiger partial charge >= 0.3 is 0 Å². The Morgan fingerprint density at radius 1 is 1.47 bits per heavy atom. The molecule has 0 spiro atoms. The molecule has 1 unspecified atom stereocenters. The Morgan fingerprint density at radius 3 is 2.80 bits per heavy atom. The van der Waals surface area contributed by atoms with E-state index in [-0.39, 0.29) is 5.54 Å². The lowest BCUT2D eigenvalue weighted by molar-refractivity contribution is 0.416. The normalized spacial score (nSPS) is 15.2. The van der Waals surface area contributed by atoms with Crippen LogP contribution in [0.15, 0.2) is 11.4 Å². The van der Waals surface area contributed by atoms with E-state index in [0.717, 1.165) is 25.9 Å². The highest BCUT2D eigenvalue weighted by molar-refractivity contribution is 7.10. The lowest BCUT2D eigenvalue weighted by Crippen LogP contribution is -2.45. The second-order valence-electron chi connectivity index (χ2n) is 4.33. The first-order valence-corrected chi connectivity index (χ1v) is 6.52. The van der Waals surface area contributed by atoms with Crippen LogP contribution in [0.2, 0.25) is 0 Å². The van der Waals surface area contributed by atoms with Gasteiger partial charge in [0, 0.05) is 23.5 Å². The molecule has 0 bridgehead atoms. The maximum Gasteiger partial charge on any atom is 0.0303 e. The smallest absolute Gasteiger partial charge is 0.0303 e. The zero-order valence-electron chi connectivity index (χ0n) is 9.97. The van der Waals surface area contributed by atoms with Crippen molar-refractivity contribution in [3.63, 3.8) is 0 Å². The van der Waals surface area contributed by atoms with Gasteiger partial charge in [0.1, 0.15) is 0 Å². The number of rotatable bonds is 6. The molecule has 1 heterocycles. The van der Waals surface area contributed by atoms with Crippen LogP contribution in [0.25, 0.3) is 0 Å². The molecule has 0 saturated carbocycles. The van der Waals surface area contributed by atoms with Gasteiger partial charge in [-0.2, -0.15) is 0 Å². The van der Waals surface area contributed by atoms with E-state index in [4.69, 9.17) is 5.73 Å². The summed E-state index contributed by atoms with van der Waals surface area (Å²) in [7, 11) is 0. The Bertz CT molecular complexity index is 292. The summed E-state index contributed by atoms with van der Waals surface area (Å²) in [6, 6.07) is 2.21. The van der Waals surface area contributed by atoms with Crippen LogP contribution >= 0.6 is 11.3 Å². The summed E-state index contributed by atoms with van der Waals surface area (Å²) in [5, 5.41) is 5.60. The zero-order chi connectivity index (χ0) is 11.3. The van der Waals surface area contributed by atoms with Gasteiger partial charge in [0.15, 0.2) is 0 Å². The molecule has 0 amide bonds. The van der Waals surface area contributed by atoms with Crippen LogP contribution in [0.5, 0.6) is 0 Å². The van der Waals surface area contributed by atoms with Gasteiger partial charge in [-0.3, -0.25) is 0 Å². The van der Waals surface area contributed by atoms with E-state index in [9.17, 15) is 0 Å². The van der Waals surface area contributed by atoms with Crippen molar-refractivity contribution in [2.45, 2.75) is 45.7 Å². The van der Waals surface area contributed by atoms with Crippen LogP contribution in [-0.2, 0) is 13.0 Å². The molecule has 0 aliphatic heterocycles. The molecule has 3 N–H and O–H groups in total. The molecule has 0 aromatic carbocycles. The van der Waals surface area contributed by atoms with Gasteiger partial charge in [0.05, 0.1) is 0 Å². The minimum atomic E-state index is -0.0797. The van der Waals surface area contributed by atoms with Crippen molar-refractivity contribution in [2.24, 2.45) is 5.73 Å². The molecule has 0 saturated heterocycles. The van der Waals surface area contributed by atoms with E-state index in [1.807, 2.05) is 11.3 Å². The van der Waals surface area contributed by atoms with Gasteiger partial charge in [0.25, 0.3) is 0 Å². The second kappa shape index (κ2) is 5.64. The number of nitrogens with one attached hydrogen (secondary N) is 1. The third-order valence-corrected chi connectivity index (χ3v) is 3.80. The van der Waals surface area contributed by atoms with Crippen LogP contribution in [-0.4, -0.2) is 12.1 Å². The van der Waals surface area contributed by atoms with Gasteiger partial charge < -0.3 is 11.1 Å². The Kier molecular flexibility index (Phi) is 4.77. The zero-order valence-corrected chi connectivity index (χ0v) is 10.8. The Labute approximate surface area is 96.9 Å². The average Bonchev–Trinajstić information content (AvgIpc) is 2.65. The van der Waals surface area contributed by atoms with Crippen LogP contribution < -0.4 is 11.1 Å². The molecule has 0 aliphatic carbocycles. The minimum Gasteiger partial charge on any atom is -0.324 e. The van der Waals surface area contributed by atoms with E-state index in [1.165, 1.54) is 10.4 Å². The first kappa shape index (κ1) is 12.7. The molecule has 0 fully saturated rings. The highest BCUT2D eigenvalue weighted by Gasteiger charge is 2.14. The molecule has 0 radical (unpaired) electrons. The summed E-state index contributed by atoms with van der Waals surface area (Å²) in [6.07, 6.45) is 2.12. The fourth-order valence-corrected chi connectivity index (χ4v) is 2.37. The molecule has 0 aliphatic rings. The summed E-state index contributed by atoms with van der Waals surface area (Å²) in [5.74, 6) is 0. The standard InChI is InChI=1S/C12H22N2S/c1-4-10-6-7-15-11(10)8-14-9-12(3,13)5-2/h6-7,14H,4-5,8-9,13H2,1-3H3. The van der Waals surface area contributed by atoms with E-state index in [2.05, 4.69) is 37.5 Å². The Morgan fingerprint density at radius 2 is 2.20 bits per heavy atom. The van der Waals surface area contributed by atoms with Gasteiger partial charge in [-0.15, -0.1) is 11.3 Å². The molecular weight excluding hydrogens is 204 g/mol. The summed E-state index contributed by atoms with van der Waals surface area (Å²) in [6.45, 7) is 8.25. The summed E-state index contributed by atoms with van der Waals surface area (Å²) < 4.78 is 0. The molecule has 15 heavy (non-hydrogen) atoms. The predicted molar refractivity (Wildman–Crippen MR) is 68.3 cm³/mol. The fraction of sp³-hybridized carbons (Fsp3) is 0.667. The van der Waals surface area contributed by atoms with Crippen molar-refractivity contribution in [3.8, 4) is 0 Å². The SMILES string of the molecule is CCc1ccsc1CNCC(C)(N)CC. The maximum atomic E-state index is 6.07. The summed E-state index contributed by atoms with van der Waals surface area (Å²) >= 11 is 1.83. The fourth-order valence-electron chi connectivity index (χ4n) is 1.42. The molecule has 2 nitrogen and oxygen atoms in total. The van der Waals surface area contributed by atoms with Gasteiger partial charge in [-0.05, 0) is 36.8 Å². The topological polar surface area (TPSA) is 38.0 Å². The van der Waals surface area contributed by atoms with Crippen molar-refractivity contribution in [3.05, 3.63) is 21.9 Å². The third kappa shape index (κ3) is 3.93. The highest BCUT2D eigenvalue weighted by atomic mass is 32.1. The molecular formula is C12H22N2S. The lowest BCUT2D eigenvalue weighted by atomic mass is 10.0. The number of hydrogen-bond acceptors (Lipinski definition) is 3. The molecule has 1 atom stereocenters. The number of thiophene rings is 1. The Balaban J connectivity index is 2.38. The van der Waals surface area contributed by atoms with Gasteiger partial charge in [0.2, 0.25) is 0 Å². The van der Waals surface area contributed by atoms with E-state index in [1.54, 1.807) is 0 Å². The van der Waals surface area contributed by atoms with Crippen LogP contribution in [0, 0.1) is 0 Å². The average molecular weight is 226 g/mol. The summed E-state index contributed by atoms with van der Waals surface area (Å²) in [5.41, 5.74) is 7.45. The highest BCUT2D eigenvalue weighted by Crippen LogP contribution is 2.17. The molecule has 1 aromatic heterocycles. The molecule has 1 aromatic rings. The van der Waals surface area contributed by atoms with Crippen molar-refractivity contribution >= 4 is 11.3 Å². The largest absolute Gasteiger partial charge is 0.324 e. The van der Waals surface area contributed by atoms with Crippen LogP contribution in [0.3, 0.4) is 0 Å². The third-order valence-electron chi connectivity index (χ3n) is 2.84. The monoisotopic (exact) mass is 226 g/mol.